The van der Waals surface area contributed by atoms with Gasteiger partial charge in [-0.15, -0.1) is 0 Å². The van der Waals surface area contributed by atoms with Gasteiger partial charge in [0.15, 0.2) is 0 Å². The maximum Gasteiger partial charge on any atom is 0.222 e. The Labute approximate surface area is 162 Å². The van der Waals surface area contributed by atoms with Gasteiger partial charge >= 0.3 is 0 Å². The highest BCUT2D eigenvalue weighted by Crippen LogP contribution is 2.27. The zero-order valence-electron chi connectivity index (χ0n) is 14.9. The van der Waals surface area contributed by atoms with E-state index in [0.29, 0.717) is 23.1 Å². The van der Waals surface area contributed by atoms with E-state index in [4.69, 9.17) is 16.2 Å². The lowest BCUT2D eigenvalue weighted by atomic mass is 10.1. The molecule has 138 valence electrons. The number of nitrogens with one attached hydrogen (secondary N) is 1. The minimum absolute atomic E-state index is 0.161. The number of rotatable bonds is 5. The summed E-state index contributed by atoms with van der Waals surface area (Å²) >= 11 is 0. The van der Waals surface area contributed by atoms with Crippen LogP contribution in [0.15, 0.2) is 78.9 Å². The van der Waals surface area contributed by atoms with Crippen molar-refractivity contribution in [2.75, 3.05) is 16.8 Å². The van der Waals surface area contributed by atoms with Gasteiger partial charge in [-0.25, -0.2) is 9.97 Å². The predicted octanol–water partition coefficient (Wildman–Crippen LogP) is 4.24. The van der Waals surface area contributed by atoms with Crippen LogP contribution in [-0.4, -0.2) is 15.0 Å². The highest BCUT2D eigenvalue weighted by molar-refractivity contribution is 5.67. The van der Waals surface area contributed by atoms with Gasteiger partial charge < -0.3 is 21.5 Å². The minimum Gasteiger partial charge on any atom is -0.457 e. The SMILES string of the molecule is Nc1cccc(Nc2cc(-c3ccc(Oc4ccccc4)cc3)nc(N)n2)n1. The molecule has 0 unspecified atom stereocenters. The summed E-state index contributed by atoms with van der Waals surface area (Å²) in [7, 11) is 0. The summed E-state index contributed by atoms with van der Waals surface area (Å²) in [5.74, 6) is 3.21. The molecule has 28 heavy (non-hydrogen) atoms. The molecule has 0 atom stereocenters. The normalized spacial score (nSPS) is 10.4. The Kier molecular flexibility index (Phi) is 4.71. The molecular weight excluding hydrogens is 352 g/mol. The molecule has 5 N–H and O–H groups in total. The molecule has 0 amide bonds. The van der Waals surface area contributed by atoms with Crippen LogP contribution in [0.1, 0.15) is 0 Å². The number of nitrogens with zero attached hydrogens (tertiary/aromatic N) is 3. The maximum atomic E-state index is 5.88. The first-order valence-electron chi connectivity index (χ1n) is 8.63. The third-order valence-corrected chi connectivity index (χ3v) is 3.90. The molecule has 0 aliphatic carbocycles. The van der Waals surface area contributed by atoms with Crippen molar-refractivity contribution in [2.45, 2.75) is 0 Å². The Morgan fingerprint density at radius 2 is 1.43 bits per heavy atom. The van der Waals surface area contributed by atoms with Crippen molar-refractivity contribution in [3.8, 4) is 22.8 Å². The Bertz CT molecular complexity index is 1080. The molecule has 0 spiro atoms. The van der Waals surface area contributed by atoms with E-state index in [2.05, 4.69) is 20.3 Å². The minimum atomic E-state index is 0.161. The van der Waals surface area contributed by atoms with Gasteiger partial charge in [-0.2, -0.15) is 4.98 Å². The van der Waals surface area contributed by atoms with Crippen LogP contribution in [0.25, 0.3) is 11.3 Å². The van der Waals surface area contributed by atoms with E-state index in [9.17, 15) is 0 Å². The zero-order valence-corrected chi connectivity index (χ0v) is 14.9. The highest BCUT2D eigenvalue weighted by Gasteiger charge is 2.07. The summed E-state index contributed by atoms with van der Waals surface area (Å²) in [6.07, 6.45) is 0. The summed E-state index contributed by atoms with van der Waals surface area (Å²) in [4.78, 5) is 12.7. The molecule has 4 aromatic rings. The molecule has 4 rings (SSSR count). The molecule has 2 aromatic carbocycles. The summed E-state index contributed by atoms with van der Waals surface area (Å²) in [5.41, 5.74) is 13.2. The number of hydrogen-bond donors (Lipinski definition) is 3. The Morgan fingerprint density at radius 3 is 2.18 bits per heavy atom. The fourth-order valence-electron chi connectivity index (χ4n) is 2.65. The third-order valence-electron chi connectivity index (χ3n) is 3.90. The van der Waals surface area contributed by atoms with E-state index in [0.717, 1.165) is 17.1 Å². The number of ether oxygens (including phenoxy) is 1. The second-order valence-corrected chi connectivity index (χ2v) is 6.01. The second kappa shape index (κ2) is 7.63. The first kappa shape index (κ1) is 17.3. The van der Waals surface area contributed by atoms with Crippen LogP contribution in [0.4, 0.5) is 23.4 Å². The van der Waals surface area contributed by atoms with Crippen molar-refractivity contribution in [3.63, 3.8) is 0 Å². The summed E-state index contributed by atoms with van der Waals surface area (Å²) < 4.78 is 5.82. The fraction of sp³-hybridized carbons (Fsp3) is 0. The predicted molar refractivity (Wildman–Crippen MR) is 110 cm³/mol. The molecule has 0 saturated heterocycles. The summed E-state index contributed by atoms with van der Waals surface area (Å²) in [6, 6.07) is 24.3. The lowest BCUT2D eigenvalue weighted by Crippen LogP contribution is -2.03. The van der Waals surface area contributed by atoms with Gasteiger partial charge in [0.05, 0.1) is 5.69 Å². The van der Waals surface area contributed by atoms with Crippen molar-refractivity contribution in [3.05, 3.63) is 78.9 Å². The maximum absolute atomic E-state index is 5.88. The number of anilines is 4. The fourth-order valence-corrected chi connectivity index (χ4v) is 2.65. The molecule has 0 aliphatic rings. The molecule has 0 fully saturated rings. The van der Waals surface area contributed by atoms with Crippen molar-refractivity contribution < 1.29 is 4.74 Å². The van der Waals surface area contributed by atoms with E-state index in [1.165, 1.54) is 0 Å². The molecule has 2 heterocycles. The van der Waals surface area contributed by atoms with Gasteiger partial charge in [0.1, 0.15) is 29.0 Å². The van der Waals surface area contributed by atoms with Crippen LogP contribution < -0.4 is 21.5 Å². The average molecular weight is 370 g/mol. The molecule has 7 heteroatoms. The van der Waals surface area contributed by atoms with E-state index in [1.54, 1.807) is 18.2 Å². The topological polar surface area (TPSA) is 112 Å². The van der Waals surface area contributed by atoms with Crippen molar-refractivity contribution in [1.82, 2.24) is 15.0 Å². The molecule has 0 bridgehead atoms. The Morgan fingerprint density at radius 1 is 0.679 bits per heavy atom. The molecule has 0 radical (unpaired) electrons. The Hall–Kier alpha value is -4.13. The lowest BCUT2D eigenvalue weighted by Gasteiger charge is -2.09. The van der Waals surface area contributed by atoms with Gasteiger partial charge in [0, 0.05) is 11.6 Å². The molecule has 2 aromatic heterocycles. The standard InChI is InChI=1S/C21H18N6O/c22-18-7-4-8-19(25-18)26-20-13-17(24-21(23)27-20)14-9-11-16(12-10-14)28-15-5-2-1-3-6-15/h1-13H,(H5,22,23,24,25,26,27). The molecule has 7 nitrogen and oxygen atoms in total. The number of aromatic nitrogens is 3. The van der Waals surface area contributed by atoms with Crippen molar-refractivity contribution >= 4 is 23.4 Å². The van der Waals surface area contributed by atoms with E-state index in [1.807, 2.05) is 60.7 Å². The van der Waals surface area contributed by atoms with Crippen LogP contribution in [0.5, 0.6) is 11.5 Å². The first-order valence-corrected chi connectivity index (χ1v) is 8.63. The average Bonchev–Trinajstić information content (AvgIpc) is 2.69. The smallest absolute Gasteiger partial charge is 0.222 e. The molecular formula is C21H18N6O. The quantitative estimate of drug-likeness (QED) is 0.482. The number of benzene rings is 2. The van der Waals surface area contributed by atoms with Gasteiger partial charge in [-0.1, -0.05) is 24.3 Å². The first-order chi connectivity index (χ1) is 13.7. The summed E-state index contributed by atoms with van der Waals surface area (Å²) in [6.45, 7) is 0. The molecule has 0 aliphatic heterocycles. The third kappa shape index (κ3) is 4.16. The van der Waals surface area contributed by atoms with Crippen LogP contribution in [0.2, 0.25) is 0 Å². The van der Waals surface area contributed by atoms with Gasteiger partial charge in [0.2, 0.25) is 5.95 Å². The largest absolute Gasteiger partial charge is 0.457 e. The van der Waals surface area contributed by atoms with Crippen LogP contribution in [0.3, 0.4) is 0 Å². The van der Waals surface area contributed by atoms with Gasteiger partial charge in [0.25, 0.3) is 0 Å². The monoisotopic (exact) mass is 370 g/mol. The van der Waals surface area contributed by atoms with Gasteiger partial charge in [-0.05, 0) is 48.5 Å². The van der Waals surface area contributed by atoms with E-state index >= 15 is 0 Å². The van der Waals surface area contributed by atoms with Crippen LogP contribution in [0, 0.1) is 0 Å². The van der Waals surface area contributed by atoms with Crippen LogP contribution in [-0.2, 0) is 0 Å². The Balaban J connectivity index is 1.56. The number of nitrogens with two attached hydrogens (primary N) is 2. The van der Waals surface area contributed by atoms with Gasteiger partial charge in [-0.3, -0.25) is 0 Å². The highest BCUT2D eigenvalue weighted by atomic mass is 16.5. The number of para-hydroxylation sites is 1. The van der Waals surface area contributed by atoms with Crippen LogP contribution >= 0.6 is 0 Å². The van der Waals surface area contributed by atoms with E-state index in [-0.39, 0.29) is 5.95 Å². The number of hydrogen-bond acceptors (Lipinski definition) is 7. The number of nitrogen functional groups attached to an aromatic ring is 2. The van der Waals surface area contributed by atoms with E-state index < -0.39 is 0 Å². The number of pyridine rings is 1. The van der Waals surface area contributed by atoms with Crippen molar-refractivity contribution in [2.24, 2.45) is 0 Å². The van der Waals surface area contributed by atoms with Crippen molar-refractivity contribution in [1.29, 1.82) is 0 Å². The lowest BCUT2D eigenvalue weighted by molar-refractivity contribution is 0.483. The zero-order chi connectivity index (χ0) is 19.3. The molecule has 0 saturated carbocycles. The summed E-state index contributed by atoms with van der Waals surface area (Å²) in [5, 5.41) is 3.09. The second-order valence-electron chi connectivity index (χ2n) is 6.01.